The zero-order valence-corrected chi connectivity index (χ0v) is 19.4. The number of hydrogen-bond acceptors (Lipinski definition) is 4. The molecule has 7 heteroatoms. The van der Waals surface area contributed by atoms with Crippen LogP contribution in [0.2, 0.25) is 0 Å². The summed E-state index contributed by atoms with van der Waals surface area (Å²) in [5.41, 5.74) is 1.65. The molecule has 0 atom stereocenters. The number of urea groups is 1. The minimum absolute atomic E-state index is 0.0340. The van der Waals surface area contributed by atoms with Gasteiger partial charge in [-0.25, -0.2) is 4.79 Å². The first-order valence-electron chi connectivity index (χ1n) is 11.0. The van der Waals surface area contributed by atoms with Crippen LogP contribution in [0.5, 0.6) is 5.75 Å². The van der Waals surface area contributed by atoms with E-state index < -0.39 is 0 Å². The molecule has 0 spiro atoms. The van der Waals surface area contributed by atoms with Crippen molar-refractivity contribution in [3.63, 3.8) is 0 Å². The Morgan fingerprint density at radius 3 is 2.27 bits per heavy atom. The first kappa shape index (κ1) is 23.9. The lowest BCUT2D eigenvalue weighted by Gasteiger charge is -2.28. The van der Waals surface area contributed by atoms with Gasteiger partial charge in [-0.2, -0.15) is 0 Å². The molecule has 2 aromatic carbocycles. The third kappa shape index (κ3) is 7.42. The number of hydrogen-bond donors (Lipinski definition) is 1. The molecule has 3 amide bonds. The molecule has 0 saturated heterocycles. The Balaban J connectivity index is 1.73. The van der Waals surface area contributed by atoms with Gasteiger partial charge in [0.05, 0.1) is 19.9 Å². The number of nitrogens with zero attached hydrogens (tertiary/aromatic N) is 2. The molecule has 174 valence electrons. The van der Waals surface area contributed by atoms with Crippen molar-refractivity contribution < 1.29 is 18.7 Å². The van der Waals surface area contributed by atoms with Gasteiger partial charge in [-0.3, -0.25) is 4.79 Å². The summed E-state index contributed by atoms with van der Waals surface area (Å²) in [6.45, 7) is 5.21. The number of carbonyl (C=O) groups is 2. The Morgan fingerprint density at radius 2 is 1.67 bits per heavy atom. The lowest BCUT2D eigenvalue weighted by Crippen LogP contribution is -2.45. The fraction of sp³-hybridized carbons (Fsp3) is 0.308. The van der Waals surface area contributed by atoms with Crippen LogP contribution in [0, 0.1) is 5.92 Å². The van der Waals surface area contributed by atoms with Gasteiger partial charge in [0.15, 0.2) is 0 Å². The minimum Gasteiger partial charge on any atom is -0.497 e. The van der Waals surface area contributed by atoms with Crippen LogP contribution < -0.4 is 10.1 Å². The number of furan rings is 1. The van der Waals surface area contributed by atoms with E-state index in [9.17, 15) is 9.59 Å². The predicted molar refractivity (Wildman–Crippen MR) is 128 cm³/mol. The Labute approximate surface area is 194 Å². The van der Waals surface area contributed by atoms with Crippen LogP contribution in [0.15, 0.2) is 77.4 Å². The number of methoxy groups -OCH3 is 1. The molecule has 1 N–H and O–H groups in total. The predicted octanol–water partition coefficient (Wildman–Crippen LogP) is 5.01. The normalized spacial score (nSPS) is 10.7. The van der Waals surface area contributed by atoms with Crippen molar-refractivity contribution in [2.75, 3.05) is 25.5 Å². The first-order chi connectivity index (χ1) is 15.9. The molecule has 0 aliphatic carbocycles. The molecule has 0 saturated carbocycles. The number of nitrogens with one attached hydrogen (secondary N) is 1. The van der Waals surface area contributed by atoms with Crippen molar-refractivity contribution in [3.8, 4) is 5.75 Å². The Hall–Kier alpha value is -3.74. The van der Waals surface area contributed by atoms with Crippen LogP contribution in [0.3, 0.4) is 0 Å². The maximum absolute atomic E-state index is 13.4. The maximum Gasteiger partial charge on any atom is 0.322 e. The van der Waals surface area contributed by atoms with Crippen molar-refractivity contribution in [3.05, 3.63) is 84.3 Å². The molecular formula is C26H31N3O4. The van der Waals surface area contributed by atoms with Crippen LogP contribution in [0.4, 0.5) is 10.5 Å². The molecule has 0 aliphatic heterocycles. The highest BCUT2D eigenvalue weighted by molar-refractivity contribution is 5.92. The number of carbonyl (C=O) groups excluding carboxylic acids is 2. The maximum atomic E-state index is 13.4. The van der Waals surface area contributed by atoms with Crippen LogP contribution >= 0.6 is 0 Å². The zero-order chi connectivity index (χ0) is 23.6. The van der Waals surface area contributed by atoms with Gasteiger partial charge in [-0.1, -0.05) is 44.2 Å². The van der Waals surface area contributed by atoms with Gasteiger partial charge >= 0.3 is 6.03 Å². The van der Waals surface area contributed by atoms with Crippen molar-refractivity contribution in [2.45, 2.75) is 26.9 Å². The standard InChI is InChI=1S/C26H31N3O4/c1-20(2)16-29(26(31)27-22-11-13-23(32-3)14-12-22)19-25(30)28(18-24-10-7-15-33-24)17-21-8-5-4-6-9-21/h4-15,20H,16-19H2,1-3H3,(H,27,31). The highest BCUT2D eigenvalue weighted by atomic mass is 16.5. The summed E-state index contributed by atoms with van der Waals surface area (Å²) in [6.07, 6.45) is 1.59. The minimum atomic E-state index is -0.320. The average molecular weight is 450 g/mol. The highest BCUT2D eigenvalue weighted by Crippen LogP contribution is 2.17. The van der Waals surface area contributed by atoms with E-state index in [1.165, 1.54) is 0 Å². The summed E-state index contributed by atoms with van der Waals surface area (Å²) in [4.78, 5) is 29.6. The molecule has 0 unspecified atom stereocenters. The fourth-order valence-electron chi connectivity index (χ4n) is 3.43. The van der Waals surface area contributed by atoms with Crippen LogP contribution in [-0.4, -0.2) is 41.9 Å². The highest BCUT2D eigenvalue weighted by Gasteiger charge is 2.23. The van der Waals surface area contributed by atoms with Crippen molar-refractivity contribution in [2.24, 2.45) is 5.92 Å². The van der Waals surface area contributed by atoms with E-state index in [1.807, 2.05) is 50.2 Å². The molecule has 33 heavy (non-hydrogen) atoms. The molecule has 0 aliphatic rings. The molecule has 1 heterocycles. The molecule has 3 aromatic rings. The lowest BCUT2D eigenvalue weighted by molar-refractivity contribution is -0.133. The molecule has 3 rings (SSSR count). The van der Waals surface area contributed by atoms with E-state index in [1.54, 1.807) is 53.5 Å². The monoisotopic (exact) mass is 449 g/mol. The van der Waals surface area contributed by atoms with E-state index in [4.69, 9.17) is 9.15 Å². The van der Waals surface area contributed by atoms with Crippen molar-refractivity contribution in [1.29, 1.82) is 0 Å². The molecule has 0 bridgehead atoms. The Morgan fingerprint density at radius 1 is 0.939 bits per heavy atom. The van der Waals surface area contributed by atoms with Gasteiger partial charge < -0.3 is 24.3 Å². The van der Waals surface area contributed by atoms with Gasteiger partial charge in [0.1, 0.15) is 18.1 Å². The fourth-order valence-corrected chi connectivity index (χ4v) is 3.43. The number of rotatable bonds is 10. The summed E-state index contributed by atoms with van der Waals surface area (Å²) in [5, 5.41) is 2.88. The second kappa shape index (κ2) is 11.8. The summed E-state index contributed by atoms with van der Waals surface area (Å²) in [5.74, 6) is 1.45. The molecule has 0 radical (unpaired) electrons. The number of amides is 3. The Kier molecular flexibility index (Phi) is 8.52. The Bertz CT molecular complexity index is 1000. The second-order valence-electron chi connectivity index (χ2n) is 8.25. The third-order valence-corrected chi connectivity index (χ3v) is 5.04. The molecular weight excluding hydrogens is 418 g/mol. The van der Waals surface area contributed by atoms with E-state index in [0.717, 1.165) is 5.56 Å². The van der Waals surface area contributed by atoms with Crippen LogP contribution in [-0.2, 0) is 17.9 Å². The number of anilines is 1. The van der Waals surface area contributed by atoms with Crippen molar-refractivity contribution in [1.82, 2.24) is 9.80 Å². The third-order valence-electron chi connectivity index (χ3n) is 5.04. The summed E-state index contributed by atoms with van der Waals surface area (Å²) in [7, 11) is 1.59. The topological polar surface area (TPSA) is 75.0 Å². The summed E-state index contributed by atoms with van der Waals surface area (Å²) >= 11 is 0. The average Bonchev–Trinajstić information content (AvgIpc) is 3.32. The molecule has 0 fully saturated rings. The van der Waals surface area contributed by atoms with E-state index >= 15 is 0 Å². The molecule has 7 nitrogen and oxygen atoms in total. The zero-order valence-electron chi connectivity index (χ0n) is 19.4. The smallest absolute Gasteiger partial charge is 0.322 e. The number of benzene rings is 2. The van der Waals surface area contributed by atoms with Gasteiger partial charge in [0, 0.05) is 18.8 Å². The first-order valence-corrected chi connectivity index (χ1v) is 11.0. The van der Waals surface area contributed by atoms with Gasteiger partial charge in [0.2, 0.25) is 5.91 Å². The van der Waals surface area contributed by atoms with Crippen LogP contribution in [0.25, 0.3) is 0 Å². The second-order valence-corrected chi connectivity index (χ2v) is 8.25. The van der Waals surface area contributed by atoms with Crippen LogP contribution in [0.1, 0.15) is 25.2 Å². The van der Waals surface area contributed by atoms with E-state index in [-0.39, 0.29) is 24.4 Å². The lowest BCUT2D eigenvalue weighted by atomic mass is 10.2. The van der Waals surface area contributed by atoms with Gasteiger partial charge in [-0.15, -0.1) is 0 Å². The van der Waals surface area contributed by atoms with Gasteiger partial charge in [-0.05, 0) is 47.9 Å². The summed E-state index contributed by atoms with van der Waals surface area (Å²) in [6, 6.07) is 20.2. The largest absolute Gasteiger partial charge is 0.497 e. The van der Waals surface area contributed by atoms with Gasteiger partial charge in [0.25, 0.3) is 0 Å². The SMILES string of the molecule is COc1ccc(NC(=O)N(CC(=O)N(Cc2ccccc2)Cc2ccco2)CC(C)C)cc1. The quantitative estimate of drug-likeness (QED) is 0.472. The van der Waals surface area contributed by atoms with E-state index in [2.05, 4.69) is 5.32 Å². The van der Waals surface area contributed by atoms with Crippen molar-refractivity contribution >= 4 is 17.6 Å². The van der Waals surface area contributed by atoms with E-state index in [0.29, 0.717) is 36.8 Å². The summed E-state index contributed by atoms with van der Waals surface area (Å²) < 4.78 is 10.6. The number of ether oxygens (including phenoxy) is 1. The molecule has 1 aromatic heterocycles.